The second kappa shape index (κ2) is 9.12. The lowest BCUT2D eigenvalue weighted by molar-refractivity contribution is -0.131. The summed E-state index contributed by atoms with van der Waals surface area (Å²) in [7, 11) is 0. The first-order valence-corrected chi connectivity index (χ1v) is 9.35. The van der Waals surface area contributed by atoms with Crippen LogP contribution in [0.25, 0.3) is 0 Å². The fraction of sp³-hybridized carbons (Fsp3) is 0.333. The van der Waals surface area contributed by atoms with Gasteiger partial charge in [-0.05, 0) is 30.5 Å². The standard InChI is InChI=1S/C21H23N3O4/c25-19(8-7-16-5-2-1-3-6-16)23-11-4-12-24(14-13-23)20(26)18-15-17(21(27)28)9-10-22-18/h1-3,5-6,9-10,15H,4,7-8,11-14H2,(H,27,28). The number of pyridine rings is 1. The van der Waals surface area contributed by atoms with Gasteiger partial charge in [-0.1, -0.05) is 30.3 Å². The van der Waals surface area contributed by atoms with E-state index in [1.807, 2.05) is 30.3 Å². The molecule has 1 fully saturated rings. The maximum atomic E-state index is 12.7. The number of aromatic carboxylic acids is 1. The van der Waals surface area contributed by atoms with Crippen LogP contribution in [0.4, 0.5) is 0 Å². The first kappa shape index (κ1) is 19.5. The minimum absolute atomic E-state index is 0.0332. The molecule has 7 nitrogen and oxygen atoms in total. The number of rotatable bonds is 5. The Balaban J connectivity index is 1.57. The summed E-state index contributed by atoms with van der Waals surface area (Å²) in [5.74, 6) is -1.31. The highest BCUT2D eigenvalue weighted by atomic mass is 16.4. The van der Waals surface area contributed by atoms with E-state index in [0.29, 0.717) is 45.4 Å². The molecular weight excluding hydrogens is 358 g/mol. The van der Waals surface area contributed by atoms with Gasteiger partial charge in [0.05, 0.1) is 5.56 Å². The minimum atomic E-state index is -1.09. The molecule has 2 aromatic rings. The molecule has 2 amide bonds. The van der Waals surface area contributed by atoms with Gasteiger partial charge in [-0.3, -0.25) is 14.6 Å². The molecule has 1 aromatic carbocycles. The SMILES string of the molecule is O=C(O)c1ccnc(C(=O)N2CCCN(C(=O)CCc3ccccc3)CC2)c1. The predicted octanol–water partition coefficient (Wildman–Crippen LogP) is 2.09. The summed E-state index contributed by atoms with van der Waals surface area (Å²) < 4.78 is 0. The number of aromatic nitrogens is 1. The van der Waals surface area contributed by atoms with Gasteiger partial charge in [0.1, 0.15) is 5.69 Å². The summed E-state index contributed by atoms with van der Waals surface area (Å²) >= 11 is 0. The average molecular weight is 381 g/mol. The van der Waals surface area contributed by atoms with E-state index in [4.69, 9.17) is 5.11 Å². The Kier molecular flexibility index (Phi) is 6.37. The number of carboxylic acid groups (broad SMARTS) is 1. The first-order chi connectivity index (χ1) is 13.5. The molecule has 1 aromatic heterocycles. The normalized spacial score (nSPS) is 14.4. The third-order valence-electron chi connectivity index (χ3n) is 4.83. The monoisotopic (exact) mass is 381 g/mol. The second-order valence-corrected chi connectivity index (χ2v) is 6.75. The first-order valence-electron chi connectivity index (χ1n) is 9.35. The second-order valence-electron chi connectivity index (χ2n) is 6.75. The molecule has 0 radical (unpaired) electrons. The molecule has 146 valence electrons. The molecule has 1 aliphatic rings. The third-order valence-corrected chi connectivity index (χ3v) is 4.83. The van der Waals surface area contributed by atoms with Gasteiger partial charge in [0, 0.05) is 38.8 Å². The van der Waals surface area contributed by atoms with Crippen molar-refractivity contribution in [3.8, 4) is 0 Å². The Hall–Kier alpha value is -3.22. The Bertz CT molecular complexity index is 854. The molecule has 1 aliphatic heterocycles. The van der Waals surface area contributed by atoms with Crippen LogP contribution in [-0.2, 0) is 11.2 Å². The van der Waals surface area contributed by atoms with Crippen LogP contribution >= 0.6 is 0 Å². The highest BCUT2D eigenvalue weighted by Crippen LogP contribution is 2.11. The van der Waals surface area contributed by atoms with E-state index in [0.717, 1.165) is 5.56 Å². The van der Waals surface area contributed by atoms with Crippen LogP contribution in [0.5, 0.6) is 0 Å². The molecule has 0 spiro atoms. The van der Waals surface area contributed by atoms with Crippen molar-refractivity contribution in [2.45, 2.75) is 19.3 Å². The number of nitrogens with zero attached hydrogens (tertiary/aromatic N) is 3. The van der Waals surface area contributed by atoms with Crippen LogP contribution < -0.4 is 0 Å². The summed E-state index contributed by atoms with van der Waals surface area (Å²) in [6.45, 7) is 2.01. The van der Waals surface area contributed by atoms with Crippen LogP contribution in [0.2, 0.25) is 0 Å². The molecule has 2 heterocycles. The highest BCUT2D eigenvalue weighted by Gasteiger charge is 2.24. The van der Waals surface area contributed by atoms with Crippen molar-refractivity contribution < 1.29 is 19.5 Å². The van der Waals surface area contributed by atoms with Crippen molar-refractivity contribution in [3.05, 3.63) is 65.5 Å². The molecule has 0 saturated carbocycles. The van der Waals surface area contributed by atoms with Gasteiger partial charge in [0.25, 0.3) is 5.91 Å². The van der Waals surface area contributed by atoms with E-state index in [2.05, 4.69) is 4.98 Å². The molecule has 7 heteroatoms. The van der Waals surface area contributed by atoms with Crippen LogP contribution in [0.15, 0.2) is 48.7 Å². The van der Waals surface area contributed by atoms with Crippen LogP contribution in [-0.4, -0.2) is 63.9 Å². The average Bonchev–Trinajstić information content (AvgIpc) is 2.98. The molecule has 0 unspecified atom stereocenters. The molecule has 1 N–H and O–H groups in total. The topological polar surface area (TPSA) is 90.8 Å². The number of benzene rings is 1. The maximum Gasteiger partial charge on any atom is 0.335 e. The number of amides is 2. The number of aryl methyl sites for hydroxylation is 1. The molecule has 0 atom stereocenters. The van der Waals surface area contributed by atoms with E-state index in [9.17, 15) is 14.4 Å². The Morgan fingerprint density at radius 3 is 2.43 bits per heavy atom. The molecule has 28 heavy (non-hydrogen) atoms. The highest BCUT2D eigenvalue weighted by molar-refractivity contribution is 5.95. The van der Waals surface area contributed by atoms with Gasteiger partial charge in [0.15, 0.2) is 0 Å². The van der Waals surface area contributed by atoms with E-state index in [1.54, 1.807) is 9.80 Å². The van der Waals surface area contributed by atoms with Gasteiger partial charge >= 0.3 is 5.97 Å². The number of hydrogen-bond acceptors (Lipinski definition) is 4. The van der Waals surface area contributed by atoms with E-state index >= 15 is 0 Å². The fourth-order valence-corrected chi connectivity index (χ4v) is 3.27. The fourth-order valence-electron chi connectivity index (χ4n) is 3.27. The zero-order chi connectivity index (χ0) is 19.9. The number of carboxylic acids is 1. The maximum absolute atomic E-state index is 12.7. The number of hydrogen-bond donors (Lipinski definition) is 1. The van der Waals surface area contributed by atoms with Crippen molar-refractivity contribution in [2.75, 3.05) is 26.2 Å². The van der Waals surface area contributed by atoms with Gasteiger partial charge in [-0.2, -0.15) is 0 Å². The van der Waals surface area contributed by atoms with Crippen LogP contribution in [0, 0.1) is 0 Å². The van der Waals surface area contributed by atoms with Crippen LogP contribution in [0.3, 0.4) is 0 Å². The van der Waals surface area contributed by atoms with Crippen molar-refractivity contribution in [3.63, 3.8) is 0 Å². The summed E-state index contributed by atoms with van der Waals surface area (Å²) in [6, 6.07) is 12.5. The summed E-state index contributed by atoms with van der Waals surface area (Å²) in [4.78, 5) is 43.8. The third kappa shape index (κ3) is 4.94. The lowest BCUT2D eigenvalue weighted by Gasteiger charge is -2.22. The Morgan fingerprint density at radius 1 is 0.964 bits per heavy atom. The minimum Gasteiger partial charge on any atom is -0.478 e. The summed E-state index contributed by atoms with van der Waals surface area (Å²) in [5.41, 5.74) is 1.28. The molecule has 3 rings (SSSR count). The van der Waals surface area contributed by atoms with Gasteiger partial charge in [0.2, 0.25) is 5.91 Å². The van der Waals surface area contributed by atoms with Crippen molar-refractivity contribution in [1.29, 1.82) is 0 Å². The van der Waals surface area contributed by atoms with Gasteiger partial charge in [-0.25, -0.2) is 4.79 Å². The van der Waals surface area contributed by atoms with E-state index in [1.165, 1.54) is 18.3 Å². The lowest BCUT2D eigenvalue weighted by Crippen LogP contribution is -2.37. The van der Waals surface area contributed by atoms with Gasteiger partial charge in [-0.15, -0.1) is 0 Å². The summed E-state index contributed by atoms with van der Waals surface area (Å²) in [5, 5.41) is 9.08. The Morgan fingerprint density at radius 2 is 1.68 bits per heavy atom. The zero-order valence-corrected chi connectivity index (χ0v) is 15.6. The number of carbonyl (C=O) groups is 3. The molecule has 1 saturated heterocycles. The van der Waals surface area contributed by atoms with E-state index in [-0.39, 0.29) is 23.1 Å². The predicted molar refractivity (Wildman–Crippen MR) is 103 cm³/mol. The zero-order valence-electron chi connectivity index (χ0n) is 15.6. The molecular formula is C21H23N3O4. The summed E-state index contributed by atoms with van der Waals surface area (Å²) in [6.07, 6.45) is 3.15. The lowest BCUT2D eigenvalue weighted by atomic mass is 10.1. The van der Waals surface area contributed by atoms with E-state index < -0.39 is 5.97 Å². The van der Waals surface area contributed by atoms with Crippen molar-refractivity contribution in [1.82, 2.24) is 14.8 Å². The van der Waals surface area contributed by atoms with Crippen molar-refractivity contribution in [2.24, 2.45) is 0 Å². The molecule has 0 aliphatic carbocycles. The smallest absolute Gasteiger partial charge is 0.335 e. The van der Waals surface area contributed by atoms with Crippen molar-refractivity contribution >= 4 is 17.8 Å². The largest absolute Gasteiger partial charge is 0.478 e. The quantitative estimate of drug-likeness (QED) is 0.856. The van der Waals surface area contributed by atoms with Crippen LogP contribution in [0.1, 0.15) is 39.3 Å². The number of carbonyl (C=O) groups excluding carboxylic acids is 2. The molecule has 0 bridgehead atoms. The van der Waals surface area contributed by atoms with Gasteiger partial charge < -0.3 is 14.9 Å². The Labute approximate surface area is 163 Å².